The minimum atomic E-state index is -3.78. The lowest BCUT2D eigenvalue weighted by molar-refractivity contribution is -0.0667. The smallest absolute Gasteiger partial charge is 0.270 e. The van der Waals surface area contributed by atoms with Crippen LogP contribution >= 0.6 is 46.4 Å². The standard InChI is InChI=1S/C28H36Cl4N2O4S/c1-3-5-6-7-8-9-16-33-17-18-34(28(33)38-39(35,36)4-2)27(32)26(21-10-13-23(29)14-11-21)37-20-22-12-15-24(30)19-25(22)31/h10-15,17-19,26-28H,3-9,16,20H2,1-2H3. The maximum atomic E-state index is 12.6. The Hall–Kier alpha value is -1.19. The third-order valence-electron chi connectivity index (χ3n) is 6.49. The highest BCUT2D eigenvalue weighted by Gasteiger charge is 2.39. The van der Waals surface area contributed by atoms with Crippen molar-refractivity contribution in [3.8, 4) is 0 Å². The van der Waals surface area contributed by atoms with Crippen LogP contribution in [0.3, 0.4) is 0 Å². The molecule has 3 unspecified atom stereocenters. The zero-order chi connectivity index (χ0) is 28.4. The molecule has 0 N–H and O–H groups in total. The molecule has 11 heteroatoms. The fraction of sp³-hybridized carbons (Fsp3) is 0.500. The van der Waals surface area contributed by atoms with Gasteiger partial charge in [-0.1, -0.05) is 104 Å². The van der Waals surface area contributed by atoms with E-state index in [0.717, 1.165) is 30.4 Å². The van der Waals surface area contributed by atoms with Crippen molar-refractivity contribution >= 4 is 56.5 Å². The summed E-state index contributed by atoms with van der Waals surface area (Å²) in [6, 6.07) is 12.4. The molecule has 39 heavy (non-hydrogen) atoms. The number of hydrogen-bond donors (Lipinski definition) is 0. The van der Waals surface area contributed by atoms with E-state index in [2.05, 4.69) is 6.92 Å². The average molecular weight is 638 g/mol. The molecule has 2 aromatic carbocycles. The van der Waals surface area contributed by atoms with Crippen molar-refractivity contribution in [3.63, 3.8) is 0 Å². The van der Waals surface area contributed by atoms with E-state index in [-0.39, 0.29) is 12.4 Å². The zero-order valence-electron chi connectivity index (χ0n) is 22.2. The Morgan fingerprint density at radius 3 is 2.23 bits per heavy atom. The Morgan fingerprint density at radius 2 is 1.56 bits per heavy atom. The van der Waals surface area contributed by atoms with Gasteiger partial charge in [0.2, 0.25) is 6.35 Å². The summed E-state index contributed by atoms with van der Waals surface area (Å²) in [7, 11) is -3.78. The predicted molar refractivity (Wildman–Crippen MR) is 160 cm³/mol. The summed E-state index contributed by atoms with van der Waals surface area (Å²) in [5.74, 6) is -0.151. The van der Waals surface area contributed by atoms with Gasteiger partial charge in [-0.25, -0.2) is 4.18 Å². The Morgan fingerprint density at radius 1 is 0.897 bits per heavy atom. The van der Waals surface area contributed by atoms with E-state index in [0.29, 0.717) is 21.6 Å². The second-order valence-electron chi connectivity index (χ2n) is 9.41. The number of alkyl halides is 1. The van der Waals surface area contributed by atoms with E-state index in [9.17, 15) is 8.42 Å². The molecule has 2 aromatic rings. The minimum Gasteiger partial charge on any atom is -0.365 e. The van der Waals surface area contributed by atoms with Crippen LogP contribution in [0.5, 0.6) is 0 Å². The van der Waals surface area contributed by atoms with Gasteiger partial charge in [0.15, 0.2) is 0 Å². The number of unbranched alkanes of at least 4 members (excludes halogenated alkanes) is 5. The number of rotatable bonds is 16. The molecule has 0 saturated carbocycles. The fourth-order valence-corrected chi connectivity index (χ4v) is 5.79. The molecule has 1 aliphatic rings. The summed E-state index contributed by atoms with van der Waals surface area (Å²) in [6.45, 7) is 4.53. The average Bonchev–Trinajstić information content (AvgIpc) is 3.29. The lowest BCUT2D eigenvalue weighted by atomic mass is 10.1. The van der Waals surface area contributed by atoms with Crippen LogP contribution in [0.15, 0.2) is 54.9 Å². The summed E-state index contributed by atoms with van der Waals surface area (Å²) in [6.07, 6.45) is 8.70. The summed E-state index contributed by atoms with van der Waals surface area (Å²) in [5, 5.41) is 1.58. The van der Waals surface area contributed by atoms with Gasteiger partial charge >= 0.3 is 0 Å². The Labute approximate surface area is 252 Å². The van der Waals surface area contributed by atoms with Crippen molar-refractivity contribution < 1.29 is 17.3 Å². The first-order valence-corrected chi connectivity index (χ1v) is 16.4. The highest BCUT2D eigenvalue weighted by Crippen LogP contribution is 2.35. The van der Waals surface area contributed by atoms with Crippen LogP contribution in [0.25, 0.3) is 0 Å². The van der Waals surface area contributed by atoms with Crippen LogP contribution in [-0.4, -0.2) is 42.4 Å². The van der Waals surface area contributed by atoms with Gasteiger partial charge in [-0.3, -0.25) is 0 Å². The van der Waals surface area contributed by atoms with Gasteiger partial charge in [-0.2, -0.15) is 8.42 Å². The van der Waals surface area contributed by atoms with E-state index in [4.69, 9.17) is 55.3 Å². The van der Waals surface area contributed by atoms with Gasteiger partial charge < -0.3 is 14.5 Å². The molecule has 0 bridgehead atoms. The van der Waals surface area contributed by atoms with Gasteiger partial charge in [-0.15, -0.1) is 0 Å². The molecule has 0 spiro atoms. The lowest BCUT2D eigenvalue weighted by Gasteiger charge is -2.37. The Balaban J connectivity index is 1.81. The van der Waals surface area contributed by atoms with Gasteiger partial charge in [0.1, 0.15) is 11.6 Å². The van der Waals surface area contributed by atoms with Crippen LogP contribution in [0.4, 0.5) is 0 Å². The molecule has 0 fully saturated rings. The molecular formula is C28H36Cl4N2O4S. The quantitative estimate of drug-likeness (QED) is 0.0795. The van der Waals surface area contributed by atoms with Crippen molar-refractivity contribution in [2.45, 2.75) is 76.9 Å². The number of nitrogens with zero attached hydrogens (tertiary/aromatic N) is 2. The van der Waals surface area contributed by atoms with Crippen LogP contribution in [0, 0.1) is 0 Å². The number of ether oxygens (including phenoxy) is 1. The lowest BCUT2D eigenvalue weighted by Crippen LogP contribution is -2.47. The van der Waals surface area contributed by atoms with Gasteiger partial charge in [0.05, 0.1) is 12.4 Å². The molecule has 0 aliphatic carbocycles. The maximum Gasteiger partial charge on any atom is 0.270 e. The van der Waals surface area contributed by atoms with Gasteiger partial charge in [-0.05, 0) is 48.7 Å². The topological polar surface area (TPSA) is 59.1 Å². The third-order valence-corrected chi connectivity index (χ3v) is 8.96. The highest BCUT2D eigenvalue weighted by molar-refractivity contribution is 7.86. The Bertz CT molecular complexity index is 1180. The first-order valence-electron chi connectivity index (χ1n) is 13.2. The van der Waals surface area contributed by atoms with Crippen molar-refractivity contribution in [3.05, 3.63) is 81.1 Å². The van der Waals surface area contributed by atoms with E-state index in [1.807, 2.05) is 23.2 Å². The van der Waals surface area contributed by atoms with Crippen LogP contribution in [0.2, 0.25) is 15.1 Å². The molecule has 3 atom stereocenters. The first kappa shape index (κ1) is 32.3. The van der Waals surface area contributed by atoms with Crippen molar-refractivity contribution in [2.75, 3.05) is 12.3 Å². The summed E-state index contributed by atoms with van der Waals surface area (Å²) in [4.78, 5) is 3.55. The Kier molecular flexibility index (Phi) is 13.0. The molecular weight excluding hydrogens is 602 g/mol. The SMILES string of the molecule is CCCCCCCCN1C=CN(C(Cl)C(OCc2ccc(Cl)cc2Cl)c2ccc(Cl)cc2)C1OS(=O)(=O)CC. The maximum absolute atomic E-state index is 12.6. The third kappa shape index (κ3) is 9.70. The molecule has 0 radical (unpaired) electrons. The van der Waals surface area contributed by atoms with E-state index in [1.54, 1.807) is 48.4 Å². The van der Waals surface area contributed by atoms with Crippen molar-refractivity contribution in [1.29, 1.82) is 0 Å². The number of halogens is 4. The molecule has 6 nitrogen and oxygen atoms in total. The van der Waals surface area contributed by atoms with Crippen LogP contribution in [0.1, 0.15) is 69.6 Å². The summed E-state index contributed by atoms with van der Waals surface area (Å²) < 4.78 is 37.1. The first-order chi connectivity index (χ1) is 18.6. The highest BCUT2D eigenvalue weighted by atomic mass is 35.5. The predicted octanol–water partition coefficient (Wildman–Crippen LogP) is 8.57. The molecule has 3 rings (SSSR count). The molecule has 0 amide bonds. The minimum absolute atomic E-state index is 0.151. The number of benzene rings is 2. The van der Waals surface area contributed by atoms with Crippen LogP contribution < -0.4 is 0 Å². The second-order valence-corrected chi connectivity index (χ2v) is 13.0. The van der Waals surface area contributed by atoms with Crippen molar-refractivity contribution in [1.82, 2.24) is 9.80 Å². The monoisotopic (exact) mass is 636 g/mol. The molecule has 1 heterocycles. The fourth-order valence-electron chi connectivity index (χ4n) is 4.21. The van der Waals surface area contributed by atoms with Gasteiger partial charge in [0.25, 0.3) is 10.1 Å². The van der Waals surface area contributed by atoms with E-state index in [1.165, 1.54) is 19.3 Å². The molecule has 216 valence electrons. The summed E-state index contributed by atoms with van der Waals surface area (Å²) >= 11 is 25.6. The van der Waals surface area contributed by atoms with Crippen LogP contribution in [-0.2, 0) is 25.6 Å². The van der Waals surface area contributed by atoms with Gasteiger partial charge in [0, 0.05) is 34.0 Å². The molecule has 0 saturated heterocycles. The normalized spacial score (nSPS) is 17.1. The van der Waals surface area contributed by atoms with E-state index < -0.39 is 28.1 Å². The van der Waals surface area contributed by atoms with E-state index >= 15 is 0 Å². The summed E-state index contributed by atoms with van der Waals surface area (Å²) in [5.41, 5.74) is 0.691. The second kappa shape index (κ2) is 15.7. The number of hydrogen-bond acceptors (Lipinski definition) is 6. The molecule has 1 aliphatic heterocycles. The molecule has 0 aromatic heterocycles. The van der Waals surface area contributed by atoms with Crippen molar-refractivity contribution in [2.24, 2.45) is 0 Å². The zero-order valence-corrected chi connectivity index (χ0v) is 26.1. The largest absolute Gasteiger partial charge is 0.365 e.